The van der Waals surface area contributed by atoms with Gasteiger partial charge in [0.2, 0.25) is 0 Å². The molecule has 1 aromatic carbocycles. The normalized spacial score (nSPS) is 15.3. The average Bonchev–Trinajstić information content (AvgIpc) is 2.56. The van der Waals surface area contributed by atoms with Crippen molar-refractivity contribution in [2.75, 3.05) is 32.8 Å². The first kappa shape index (κ1) is 19.0. The van der Waals surface area contributed by atoms with Crippen LogP contribution in [0.4, 0.5) is 0 Å². The van der Waals surface area contributed by atoms with Crippen molar-refractivity contribution < 1.29 is 4.74 Å². The fourth-order valence-corrected chi connectivity index (χ4v) is 2.50. The smallest absolute Gasteiger partial charge is 0.119 e. The summed E-state index contributed by atoms with van der Waals surface area (Å²) in [6.07, 6.45) is 2.38. The average molecular weight is 306 g/mol. The van der Waals surface area contributed by atoms with Gasteiger partial charge in [-0.15, -0.1) is 0 Å². The maximum Gasteiger partial charge on any atom is 0.119 e. The highest BCUT2D eigenvalue weighted by atomic mass is 16.5. The SMILES string of the molecule is CC.CC(C)CCCOc1ccc(CN2CCNCC2)cc1. The van der Waals surface area contributed by atoms with Gasteiger partial charge in [-0.05, 0) is 36.5 Å². The van der Waals surface area contributed by atoms with Crippen LogP contribution in [0.25, 0.3) is 0 Å². The standard InChI is InChI=1S/C17H28N2O.C2H6/c1-15(2)4-3-13-20-17-7-5-16(6-8-17)14-19-11-9-18-10-12-19;1-2/h5-8,15,18H,3-4,9-14H2,1-2H3;1-2H3. The van der Waals surface area contributed by atoms with Gasteiger partial charge in [-0.25, -0.2) is 0 Å². The summed E-state index contributed by atoms with van der Waals surface area (Å²) in [5.74, 6) is 1.76. The fraction of sp³-hybridized carbons (Fsp3) is 0.684. The van der Waals surface area contributed by atoms with Gasteiger partial charge in [0, 0.05) is 32.7 Å². The largest absolute Gasteiger partial charge is 0.494 e. The number of hydrogen-bond acceptors (Lipinski definition) is 3. The van der Waals surface area contributed by atoms with Crippen molar-refractivity contribution in [1.82, 2.24) is 10.2 Å². The Morgan fingerprint density at radius 1 is 1.09 bits per heavy atom. The predicted molar refractivity (Wildman–Crippen MR) is 95.5 cm³/mol. The van der Waals surface area contributed by atoms with Crippen LogP contribution < -0.4 is 10.1 Å². The van der Waals surface area contributed by atoms with E-state index in [4.69, 9.17) is 4.74 Å². The van der Waals surface area contributed by atoms with Crippen molar-refractivity contribution in [2.24, 2.45) is 5.92 Å². The Balaban J connectivity index is 0.00000116. The molecule has 0 radical (unpaired) electrons. The first-order valence-electron chi connectivity index (χ1n) is 8.89. The van der Waals surface area contributed by atoms with Crippen molar-refractivity contribution >= 4 is 0 Å². The molecule has 1 N–H and O–H groups in total. The van der Waals surface area contributed by atoms with Crippen LogP contribution in [0.5, 0.6) is 5.75 Å². The van der Waals surface area contributed by atoms with Gasteiger partial charge >= 0.3 is 0 Å². The Bertz CT molecular complexity index is 370. The third kappa shape index (κ3) is 7.81. The van der Waals surface area contributed by atoms with Crippen LogP contribution in [0.15, 0.2) is 24.3 Å². The van der Waals surface area contributed by atoms with Gasteiger partial charge in [0.15, 0.2) is 0 Å². The molecule has 0 saturated carbocycles. The summed E-state index contributed by atoms with van der Waals surface area (Å²) in [6, 6.07) is 8.60. The molecule has 0 bridgehead atoms. The van der Waals surface area contributed by atoms with Gasteiger partial charge in [0.25, 0.3) is 0 Å². The monoisotopic (exact) mass is 306 g/mol. The summed E-state index contributed by atoms with van der Waals surface area (Å²) in [5.41, 5.74) is 1.38. The molecule has 1 fully saturated rings. The van der Waals surface area contributed by atoms with Gasteiger partial charge in [-0.1, -0.05) is 39.8 Å². The molecule has 1 aromatic rings. The lowest BCUT2D eigenvalue weighted by atomic mass is 10.1. The highest BCUT2D eigenvalue weighted by Crippen LogP contribution is 2.15. The van der Waals surface area contributed by atoms with Gasteiger partial charge < -0.3 is 10.1 Å². The van der Waals surface area contributed by atoms with Gasteiger partial charge in [0.1, 0.15) is 5.75 Å². The van der Waals surface area contributed by atoms with Crippen LogP contribution in [-0.2, 0) is 6.54 Å². The molecule has 1 saturated heterocycles. The van der Waals surface area contributed by atoms with E-state index in [1.807, 2.05) is 13.8 Å². The maximum atomic E-state index is 5.78. The maximum absolute atomic E-state index is 5.78. The Labute approximate surface area is 137 Å². The van der Waals surface area contributed by atoms with Crippen LogP contribution in [0.3, 0.4) is 0 Å². The number of hydrogen-bond donors (Lipinski definition) is 1. The zero-order valence-corrected chi connectivity index (χ0v) is 14.9. The highest BCUT2D eigenvalue weighted by Gasteiger charge is 2.09. The number of nitrogens with zero attached hydrogens (tertiary/aromatic N) is 1. The zero-order chi connectivity index (χ0) is 16.2. The topological polar surface area (TPSA) is 24.5 Å². The third-order valence-corrected chi connectivity index (χ3v) is 3.73. The predicted octanol–water partition coefficient (Wildman–Crippen LogP) is 3.93. The second-order valence-corrected chi connectivity index (χ2v) is 6.05. The molecule has 0 aliphatic carbocycles. The molecule has 0 amide bonds. The molecule has 0 unspecified atom stereocenters. The summed E-state index contributed by atoms with van der Waals surface area (Å²) < 4.78 is 5.78. The Morgan fingerprint density at radius 2 is 1.73 bits per heavy atom. The lowest BCUT2D eigenvalue weighted by molar-refractivity contribution is 0.233. The van der Waals surface area contributed by atoms with E-state index in [1.54, 1.807) is 0 Å². The molecule has 1 aliphatic heterocycles. The molecule has 0 spiro atoms. The number of benzene rings is 1. The summed E-state index contributed by atoms with van der Waals surface area (Å²) in [4.78, 5) is 2.50. The minimum Gasteiger partial charge on any atom is -0.494 e. The summed E-state index contributed by atoms with van der Waals surface area (Å²) in [7, 11) is 0. The van der Waals surface area contributed by atoms with E-state index in [0.29, 0.717) is 0 Å². The Hall–Kier alpha value is -1.06. The van der Waals surface area contributed by atoms with E-state index in [0.717, 1.165) is 57.4 Å². The van der Waals surface area contributed by atoms with E-state index in [2.05, 4.69) is 48.3 Å². The van der Waals surface area contributed by atoms with Crippen molar-refractivity contribution in [2.45, 2.75) is 47.1 Å². The number of piperazine rings is 1. The van der Waals surface area contributed by atoms with Crippen LogP contribution in [0.1, 0.15) is 46.1 Å². The molecule has 126 valence electrons. The summed E-state index contributed by atoms with van der Waals surface area (Å²) in [6.45, 7) is 14.9. The van der Waals surface area contributed by atoms with Gasteiger partial charge in [-0.2, -0.15) is 0 Å². The van der Waals surface area contributed by atoms with Crippen molar-refractivity contribution in [3.8, 4) is 5.75 Å². The molecular formula is C19H34N2O. The lowest BCUT2D eigenvalue weighted by Crippen LogP contribution is -2.42. The molecular weight excluding hydrogens is 272 g/mol. The fourth-order valence-electron chi connectivity index (χ4n) is 2.50. The first-order valence-corrected chi connectivity index (χ1v) is 8.89. The number of ether oxygens (including phenoxy) is 1. The van der Waals surface area contributed by atoms with E-state index >= 15 is 0 Å². The van der Waals surface area contributed by atoms with E-state index in [-0.39, 0.29) is 0 Å². The second kappa shape index (κ2) is 11.5. The lowest BCUT2D eigenvalue weighted by Gasteiger charge is -2.27. The van der Waals surface area contributed by atoms with Crippen molar-refractivity contribution in [1.29, 1.82) is 0 Å². The Morgan fingerprint density at radius 3 is 2.32 bits per heavy atom. The minimum atomic E-state index is 0.764. The van der Waals surface area contributed by atoms with Crippen LogP contribution in [0, 0.1) is 5.92 Å². The molecule has 3 heteroatoms. The van der Waals surface area contributed by atoms with Crippen LogP contribution in [-0.4, -0.2) is 37.7 Å². The van der Waals surface area contributed by atoms with Crippen LogP contribution >= 0.6 is 0 Å². The molecule has 0 aromatic heterocycles. The van der Waals surface area contributed by atoms with Gasteiger partial charge in [0.05, 0.1) is 6.61 Å². The van der Waals surface area contributed by atoms with Crippen LogP contribution in [0.2, 0.25) is 0 Å². The molecule has 22 heavy (non-hydrogen) atoms. The zero-order valence-electron chi connectivity index (χ0n) is 14.9. The van der Waals surface area contributed by atoms with Crippen molar-refractivity contribution in [3.05, 3.63) is 29.8 Å². The second-order valence-electron chi connectivity index (χ2n) is 6.05. The number of rotatable bonds is 7. The highest BCUT2D eigenvalue weighted by molar-refractivity contribution is 5.27. The molecule has 3 nitrogen and oxygen atoms in total. The molecule has 1 heterocycles. The minimum absolute atomic E-state index is 0.764. The molecule has 0 atom stereocenters. The summed E-state index contributed by atoms with van der Waals surface area (Å²) >= 11 is 0. The van der Waals surface area contributed by atoms with E-state index in [9.17, 15) is 0 Å². The third-order valence-electron chi connectivity index (χ3n) is 3.73. The molecule has 1 aliphatic rings. The number of nitrogens with one attached hydrogen (secondary N) is 1. The van der Waals surface area contributed by atoms with Crippen molar-refractivity contribution in [3.63, 3.8) is 0 Å². The molecule has 2 rings (SSSR count). The summed E-state index contributed by atoms with van der Waals surface area (Å²) in [5, 5.41) is 3.38. The van der Waals surface area contributed by atoms with E-state index < -0.39 is 0 Å². The van der Waals surface area contributed by atoms with Gasteiger partial charge in [-0.3, -0.25) is 4.90 Å². The quantitative estimate of drug-likeness (QED) is 0.772. The first-order chi connectivity index (χ1) is 10.7. The van der Waals surface area contributed by atoms with E-state index in [1.165, 1.54) is 12.0 Å². The Kier molecular flexibility index (Phi) is 9.93.